The first-order valence-corrected chi connectivity index (χ1v) is 12.0. The summed E-state index contributed by atoms with van der Waals surface area (Å²) in [5.41, 5.74) is 1.51. The van der Waals surface area contributed by atoms with E-state index in [1.165, 1.54) is 23.1 Å². The maximum Gasteiger partial charge on any atom is 0.254 e. The van der Waals surface area contributed by atoms with Gasteiger partial charge in [-0.3, -0.25) is 9.59 Å². The largest absolute Gasteiger partial charge is 0.329 e. The number of hydrogen-bond donors (Lipinski definition) is 1. The lowest BCUT2D eigenvalue weighted by Crippen LogP contribution is -2.39. The average molecular weight is 499 g/mol. The van der Waals surface area contributed by atoms with E-state index in [0.717, 1.165) is 11.4 Å². The third kappa shape index (κ3) is 7.15. The molecule has 0 aliphatic rings. The van der Waals surface area contributed by atoms with Crippen LogP contribution in [0.25, 0.3) is 5.69 Å². The number of benzene rings is 2. The number of amides is 2. The quantitative estimate of drug-likeness (QED) is 0.408. The lowest BCUT2D eigenvalue weighted by atomic mass is 9.92. The molecule has 6 nitrogen and oxygen atoms in total. The van der Waals surface area contributed by atoms with Gasteiger partial charge < -0.3 is 10.2 Å². The maximum atomic E-state index is 13.7. The molecule has 0 unspecified atom stereocenters. The Labute approximate surface area is 211 Å². The molecular weight excluding hydrogens is 467 g/mol. The lowest BCUT2D eigenvalue weighted by Gasteiger charge is -2.23. The molecule has 0 atom stereocenters. The van der Waals surface area contributed by atoms with Crippen molar-refractivity contribution in [3.05, 3.63) is 76.7 Å². The third-order valence-corrected chi connectivity index (χ3v) is 5.74. The van der Waals surface area contributed by atoms with Gasteiger partial charge in [0.15, 0.2) is 0 Å². The molecule has 1 N–H and O–H groups in total. The van der Waals surface area contributed by atoms with E-state index in [-0.39, 0.29) is 29.3 Å². The molecule has 0 aliphatic carbocycles. The fourth-order valence-corrected chi connectivity index (χ4v) is 3.57. The van der Waals surface area contributed by atoms with Gasteiger partial charge in [0, 0.05) is 28.6 Å². The number of aromatic nitrogens is 2. The number of rotatable bonds is 8. The van der Waals surface area contributed by atoms with Gasteiger partial charge in [-0.05, 0) is 54.8 Å². The summed E-state index contributed by atoms with van der Waals surface area (Å²) in [7, 11) is 0. The topological polar surface area (TPSA) is 67.2 Å². The highest BCUT2D eigenvalue weighted by Gasteiger charge is 2.24. The van der Waals surface area contributed by atoms with Crippen LogP contribution in [-0.2, 0) is 10.2 Å². The van der Waals surface area contributed by atoms with Crippen molar-refractivity contribution in [2.24, 2.45) is 5.92 Å². The van der Waals surface area contributed by atoms with Crippen LogP contribution < -0.4 is 5.32 Å². The first-order valence-electron chi connectivity index (χ1n) is 11.6. The zero-order valence-electron chi connectivity index (χ0n) is 20.8. The molecule has 0 saturated heterocycles. The monoisotopic (exact) mass is 498 g/mol. The van der Waals surface area contributed by atoms with Gasteiger partial charge in [0.25, 0.3) is 5.91 Å². The maximum absolute atomic E-state index is 13.7. The van der Waals surface area contributed by atoms with E-state index in [2.05, 4.69) is 5.32 Å². The van der Waals surface area contributed by atoms with Crippen LogP contribution in [0.5, 0.6) is 0 Å². The van der Waals surface area contributed by atoms with Crippen LogP contribution in [0.2, 0.25) is 5.02 Å². The highest BCUT2D eigenvalue weighted by Crippen LogP contribution is 2.27. The number of carbonyl (C=O) groups excluding carboxylic acids is 2. The molecule has 0 spiro atoms. The van der Waals surface area contributed by atoms with Gasteiger partial charge in [0.05, 0.1) is 11.4 Å². The first kappa shape index (κ1) is 26.4. The number of halogens is 2. The van der Waals surface area contributed by atoms with Crippen molar-refractivity contribution in [2.45, 2.75) is 46.5 Å². The average Bonchev–Trinajstić information content (AvgIpc) is 3.20. The fraction of sp³-hybridized carbons (Fsp3) is 0.370. The minimum absolute atomic E-state index is 0.168. The van der Waals surface area contributed by atoms with Gasteiger partial charge >= 0.3 is 0 Å². The fourth-order valence-electron chi connectivity index (χ4n) is 3.44. The van der Waals surface area contributed by atoms with Crippen molar-refractivity contribution in [3.63, 3.8) is 0 Å². The molecule has 35 heavy (non-hydrogen) atoms. The summed E-state index contributed by atoms with van der Waals surface area (Å²) in [6, 6.07) is 14.5. The Kier molecular flexibility index (Phi) is 8.33. The summed E-state index contributed by atoms with van der Waals surface area (Å²) >= 11 is 6.04. The zero-order valence-corrected chi connectivity index (χ0v) is 21.6. The Morgan fingerprint density at radius 3 is 2.40 bits per heavy atom. The van der Waals surface area contributed by atoms with Gasteiger partial charge in [-0.25, -0.2) is 9.07 Å². The van der Waals surface area contributed by atoms with Crippen LogP contribution in [0, 0.1) is 11.7 Å². The Balaban J connectivity index is 1.86. The van der Waals surface area contributed by atoms with Crippen molar-refractivity contribution in [1.29, 1.82) is 0 Å². The lowest BCUT2D eigenvalue weighted by molar-refractivity contribution is -0.117. The second-order valence-electron chi connectivity index (χ2n) is 10.0. The summed E-state index contributed by atoms with van der Waals surface area (Å²) in [5, 5.41) is 8.21. The zero-order chi connectivity index (χ0) is 25.8. The number of carbonyl (C=O) groups is 2. The number of anilines is 1. The second kappa shape index (κ2) is 11.0. The predicted octanol–water partition coefficient (Wildman–Crippen LogP) is 6.09. The van der Waals surface area contributed by atoms with E-state index < -0.39 is 5.82 Å². The van der Waals surface area contributed by atoms with Crippen molar-refractivity contribution in [1.82, 2.24) is 14.7 Å². The normalized spacial score (nSPS) is 11.5. The summed E-state index contributed by atoms with van der Waals surface area (Å²) in [5.74, 6) is -0.424. The first-order chi connectivity index (χ1) is 16.4. The molecule has 1 aromatic heterocycles. The molecule has 0 aliphatic heterocycles. The summed E-state index contributed by atoms with van der Waals surface area (Å²) in [4.78, 5) is 27.7. The SMILES string of the molecule is CC(C)CCN(CC(=O)Nc1cc(C(C)(C)C)nn1-c1ccc(Cl)cc1)C(=O)c1cccc(F)c1. The highest BCUT2D eigenvalue weighted by molar-refractivity contribution is 6.30. The van der Waals surface area contributed by atoms with E-state index in [4.69, 9.17) is 16.7 Å². The third-order valence-electron chi connectivity index (χ3n) is 5.49. The van der Waals surface area contributed by atoms with Crippen LogP contribution >= 0.6 is 11.6 Å². The summed E-state index contributed by atoms with van der Waals surface area (Å²) in [6.07, 6.45) is 0.714. The molecule has 3 aromatic rings. The molecule has 3 rings (SSSR count). The highest BCUT2D eigenvalue weighted by atomic mass is 35.5. The Hall–Kier alpha value is -3.19. The molecule has 2 amide bonds. The Morgan fingerprint density at radius 2 is 1.80 bits per heavy atom. The molecule has 0 radical (unpaired) electrons. The molecule has 0 fully saturated rings. The van der Waals surface area contributed by atoms with E-state index >= 15 is 0 Å². The number of nitrogens with one attached hydrogen (secondary N) is 1. The minimum atomic E-state index is -0.495. The van der Waals surface area contributed by atoms with Crippen LogP contribution in [-0.4, -0.2) is 39.6 Å². The summed E-state index contributed by atoms with van der Waals surface area (Å²) in [6.45, 7) is 10.4. The number of nitrogens with zero attached hydrogens (tertiary/aromatic N) is 3. The summed E-state index contributed by atoms with van der Waals surface area (Å²) < 4.78 is 15.4. The van der Waals surface area contributed by atoms with Crippen LogP contribution in [0.3, 0.4) is 0 Å². The van der Waals surface area contributed by atoms with Crippen molar-refractivity contribution >= 4 is 29.2 Å². The Bertz CT molecular complexity index is 1180. The molecule has 186 valence electrons. The standard InChI is InChI=1S/C27H32ClFN4O2/c1-18(2)13-14-32(26(35)19-7-6-8-21(29)15-19)17-25(34)30-24-16-23(27(3,4)5)31-33(24)22-11-9-20(28)10-12-22/h6-12,15-16,18H,13-14,17H2,1-5H3,(H,30,34). The van der Waals surface area contributed by atoms with Crippen LogP contribution in [0.4, 0.5) is 10.2 Å². The van der Waals surface area contributed by atoms with Crippen molar-refractivity contribution in [2.75, 3.05) is 18.4 Å². The second-order valence-corrected chi connectivity index (χ2v) is 10.5. The van der Waals surface area contributed by atoms with Gasteiger partial charge in [0.1, 0.15) is 18.2 Å². The number of hydrogen-bond acceptors (Lipinski definition) is 3. The predicted molar refractivity (Wildman–Crippen MR) is 138 cm³/mol. The van der Waals surface area contributed by atoms with Gasteiger partial charge in [0.2, 0.25) is 5.91 Å². The van der Waals surface area contributed by atoms with E-state index in [9.17, 15) is 14.0 Å². The minimum Gasteiger partial charge on any atom is -0.329 e. The van der Waals surface area contributed by atoms with E-state index in [1.807, 2.05) is 52.8 Å². The van der Waals surface area contributed by atoms with Crippen molar-refractivity contribution in [3.8, 4) is 5.69 Å². The van der Waals surface area contributed by atoms with Crippen LogP contribution in [0.1, 0.15) is 57.1 Å². The van der Waals surface area contributed by atoms with Gasteiger partial charge in [-0.1, -0.05) is 52.3 Å². The Morgan fingerprint density at radius 1 is 1.11 bits per heavy atom. The van der Waals surface area contributed by atoms with Gasteiger partial charge in [-0.2, -0.15) is 5.10 Å². The molecule has 0 saturated carbocycles. The molecule has 1 heterocycles. The molecule has 0 bridgehead atoms. The van der Waals surface area contributed by atoms with E-state index in [1.54, 1.807) is 22.9 Å². The smallest absolute Gasteiger partial charge is 0.254 e. The van der Waals surface area contributed by atoms with Crippen molar-refractivity contribution < 1.29 is 14.0 Å². The van der Waals surface area contributed by atoms with Crippen LogP contribution in [0.15, 0.2) is 54.6 Å². The van der Waals surface area contributed by atoms with E-state index in [0.29, 0.717) is 29.7 Å². The molecular formula is C27H32ClFN4O2. The van der Waals surface area contributed by atoms with Gasteiger partial charge in [-0.15, -0.1) is 0 Å². The molecule has 2 aromatic carbocycles. The molecule has 8 heteroatoms.